The smallest absolute Gasteiger partial charge is 0.118 e. The average molecular weight is 250 g/mol. The zero-order valence-electron chi connectivity index (χ0n) is 11.2. The molecule has 0 aliphatic carbocycles. The summed E-state index contributed by atoms with van der Waals surface area (Å²) < 4.78 is 10.5. The van der Waals surface area contributed by atoms with Crippen LogP contribution >= 0.6 is 0 Å². The van der Waals surface area contributed by atoms with Crippen LogP contribution in [0, 0.1) is 0 Å². The van der Waals surface area contributed by atoms with Gasteiger partial charge in [-0.15, -0.1) is 0 Å². The molecule has 1 saturated heterocycles. The maximum Gasteiger partial charge on any atom is 0.118 e. The van der Waals surface area contributed by atoms with Crippen LogP contribution in [0.1, 0.15) is 12.0 Å². The highest BCUT2D eigenvalue weighted by Gasteiger charge is 2.31. The first kappa shape index (κ1) is 13.3. The molecule has 1 aliphatic rings. The quantitative estimate of drug-likeness (QED) is 0.854. The van der Waals surface area contributed by atoms with Gasteiger partial charge in [-0.1, -0.05) is 12.1 Å². The van der Waals surface area contributed by atoms with Crippen molar-refractivity contribution < 1.29 is 9.47 Å². The van der Waals surface area contributed by atoms with Crippen LogP contribution in [-0.4, -0.2) is 44.4 Å². The minimum atomic E-state index is -0.179. The molecule has 2 N–H and O–H groups in total. The normalized spacial score (nSPS) is 23.6. The number of nitrogens with zero attached hydrogens (tertiary/aromatic N) is 1. The highest BCUT2D eigenvalue weighted by molar-refractivity contribution is 5.27. The monoisotopic (exact) mass is 250 g/mol. The molecule has 0 amide bonds. The molecule has 1 heterocycles. The second-order valence-corrected chi connectivity index (χ2v) is 5.19. The number of likely N-dealkylation sites (N-methyl/N-ethyl adjacent to an activating group) is 1. The lowest BCUT2D eigenvalue weighted by Gasteiger charge is -2.28. The zero-order chi connectivity index (χ0) is 13.0. The van der Waals surface area contributed by atoms with Crippen molar-refractivity contribution in [1.82, 2.24) is 4.90 Å². The molecule has 0 spiro atoms. The SMILES string of the molecule is COc1ccc(CN(C)CC2(N)CCOC2)cc1. The highest BCUT2D eigenvalue weighted by Crippen LogP contribution is 2.18. The van der Waals surface area contributed by atoms with E-state index < -0.39 is 0 Å². The van der Waals surface area contributed by atoms with Crippen molar-refractivity contribution in [1.29, 1.82) is 0 Å². The van der Waals surface area contributed by atoms with Crippen LogP contribution in [0.3, 0.4) is 0 Å². The summed E-state index contributed by atoms with van der Waals surface area (Å²) in [5, 5.41) is 0. The van der Waals surface area contributed by atoms with E-state index >= 15 is 0 Å². The Morgan fingerprint density at radius 2 is 2.11 bits per heavy atom. The van der Waals surface area contributed by atoms with Crippen molar-refractivity contribution >= 4 is 0 Å². The Morgan fingerprint density at radius 1 is 1.39 bits per heavy atom. The minimum Gasteiger partial charge on any atom is -0.497 e. The molecular weight excluding hydrogens is 228 g/mol. The van der Waals surface area contributed by atoms with Gasteiger partial charge in [0.1, 0.15) is 5.75 Å². The van der Waals surface area contributed by atoms with Gasteiger partial charge in [0.2, 0.25) is 0 Å². The summed E-state index contributed by atoms with van der Waals surface area (Å²) in [5.74, 6) is 0.890. The zero-order valence-corrected chi connectivity index (χ0v) is 11.2. The summed E-state index contributed by atoms with van der Waals surface area (Å²) >= 11 is 0. The van der Waals surface area contributed by atoms with Gasteiger partial charge in [-0.25, -0.2) is 0 Å². The van der Waals surface area contributed by atoms with E-state index in [0.29, 0.717) is 6.61 Å². The van der Waals surface area contributed by atoms with Gasteiger partial charge in [0.05, 0.1) is 19.3 Å². The summed E-state index contributed by atoms with van der Waals surface area (Å²) in [7, 11) is 3.77. The third kappa shape index (κ3) is 3.45. The van der Waals surface area contributed by atoms with Gasteiger partial charge in [-0.2, -0.15) is 0 Å². The molecule has 1 aromatic rings. The van der Waals surface area contributed by atoms with Gasteiger partial charge in [0.15, 0.2) is 0 Å². The van der Waals surface area contributed by atoms with Crippen molar-refractivity contribution in [3.05, 3.63) is 29.8 Å². The molecule has 0 aromatic heterocycles. The molecule has 18 heavy (non-hydrogen) atoms. The molecule has 4 heteroatoms. The van der Waals surface area contributed by atoms with Crippen LogP contribution in [0.15, 0.2) is 24.3 Å². The summed E-state index contributed by atoms with van der Waals surface area (Å²) in [5.41, 5.74) is 7.36. The Bertz CT molecular complexity index is 372. The Balaban J connectivity index is 1.88. The molecular formula is C14H22N2O2. The van der Waals surface area contributed by atoms with Crippen molar-refractivity contribution in [2.75, 3.05) is 33.9 Å². The highest BCUT2D eigenvalue weighted by atomic mass is 16.5. The first-order valence-electron chi connectivity index (χ1n) is 6.29. The molecule has 2 rings (SSSR count). The van der Waals surface area contributed by atoms with Crippen LogP contribution in [0.25, 0.3) is 0 Å². The van der Waals surface area contributed by atoms with E-state index in [1.807, 2.05) is 12.1 Å². The Hall–Kier alpha value is -1.10. The van der Waals surface area contributed by atoms with Crippen LogP contribution < -0.4 is 10.5 Å². The molecule has 1 aromatic carbocycles. The molecule has 0 radical (unpaired) electrons. The Kier molecular flexibility index (Phi) is 4.22. The topological polar surface area (TPSA) is 47.7 Å². The van der Waals surface area contributed by atoms with E-state index in [-0.39, 0.29) is 5.54 Å². The van der Waals surface area contributed by atoms with Crippen LogP contribution in [0.5, 0.6) is 5.75 Å². The predicted molar refractivity (Wildman–Crippen MR) is 71.7 cm³/mol. The summed E-state index contributed by atoms with van der Waals surface area (Å²) in [4.78, 5) is 2.25. The summed E-state index contributed by atoms with van der Waals surface area (Å²) in [6.07, 6.45) is 0.944. The lowest BCUT2D eigenvalue weighted by Crippen LogP contribution is -2.49. The minimum absolute atomic E-state index is 0.179. The van der Waals surface area contributed by atoms with E-state index in [1.54, 1.807) is 7.11 Å². The van der Waals surface area contributed by atoms with E-state index in [9.17, 15) is 0 Å². The number of hydrogen-bond donors (Lipinski definition) is 1. The average Bonchev–Trinajstić information content (AvgIpc) is 2.76. The number of hydrogen-bond acceptors (Lipinski definition) is 4. The predicted octanol–water partition coefficient (Wildman–Crippen LogP) is 1.24. The second kappa shape index (κ2) is 5.69. The molecule has 1 aliphatic heterocycles. The Labute approximate surface area is 109 Å². The molecule has 1 unspecified atom stereocenters. The maximum atomic E-state index is 6.27. The third-order valence-corrected chi connectivity index (χ3v) is 3.33. The van der Waals surface area contributed by atoms with E-state index in [2.05, 4.69) is 24.1 Å². The largest absolute Gasteiger partial charge is 0.497 e. The fraction of sp³-hybridized carbons (Fsp3) is 0.571. The number of nitrogens with two attached hydrogens (primary N) is 1. The van der Waals surface area contributed by atoms with Gasteiger partial charge < -0.3 is 20.1 Å². The van der Waals surface area contributed by atoms with E-state index in [0.717, 1.165) is 31.9 Å². The number of ether oxygens (including phenoxy) is 2. The maximum absolute atomic E-state index is 6.27. The van der Waals surface area contributed by atoms with Crippen molar-refractivity contribution in [2.45, 2.75) is 18.5 Å². The van der Waals surface area contributed by atoms with Gasteiger partial charge in [-0.3, -0.25) is 0 Å². The number of benzene rings is 1. The molecule has 1 fully saturated rings. The van der Waals surface area contributed by atoms with Crippen LogP contribution in [-0.2, 0) is 11.3 Å². The van der Waals surface area contributed by atoms with Crippen molar-refractivity contribution in [2.24, 2.45) is 5.73 Å². The fourth-order valence-electron chi connectivity index (χ4n) is 2.38. The third-order valence-electron chi connectivity index (χ3n) is 3.33. The molecule has 100 valence electrons. The first-order chi connectivity index (χ1) is 8.61. The fourth-order valence-corrected chi connectivity index (χ4v) is 2.38. The van der Waals surface area contributed by atoms with Gasteiger partial charge in [0.25, 0.3) is 0 Å². The van der Waals surface area contributed by atoms with E-state index in [4.69, 9.17) is 15.2 Å². The van der Waals surface area contributed by atoms with Crippen LogP contribution in [0.2, 0.25) is 0 Å². The lowest BCUT2D eigenvalue weighted by molar-refractivity contribution is 0.159. The second-order valence-electron chi connectivity index (χ2n) is 5.19. The Morgan fingerprint density at radius 3 is 2.67 bits per heavy atom. The molecule has 4 nitrogen and oxygen atoms in total. The van der Waals surface area contributed by atoms with Gasteiger partial charge >= 0.3 is 0 Å². The van der Waals surface area contributed by atoms with Crippen LogP contribution in [0.4, 0.5) is 0 Å². The van der Waals surface area contributed by atoms with E-state index in [1.165, 1.54) is 5.56 Å². The number of methoxy groups -OCH3 is 1. The van der Waals surface area contributed by atoms with Crippen molar-refractivity contribution in [3.8, 4) is 5.75 Å². The molecule has 1 atom stereocenters. The summed E-state index contributed by atoms with van der Waals surface area (Å²) in [6, 6.07) is 8.15. The van der Waals surface area contributed by atoms with Crippen molar-refractivity contribution in [3.63, 3.8) is 0 Å². The van der Waals surface area contributed by atoms with Gasteiger partial charge in [0, 0.05) is 19.7 Å². The first-order valence-corrected chi connectivity index (χ1v) is 6.29. The lowest BCUT2D eigenvalue weighted by atomic mass is 9.99. The molecule has 0 bridgehead atoms. The molecule has 0 saturated carbocycles. The van der Waals surface area contributed by atoms with Gasteiger partial charge in [-0.05, 0) is 31.2 Å². The number of rotatable bonds is 5. The summed E-state index contributed by atoms with van der Waals surface area (Å²) in [6.45, 7) is 3.20. The standard InChI is InChI=1S/C14H22N2O2/c1-16(10-14(15)7-8-18-11-14)9-12-3-5-13(17-2)6-4-12/h3-6H,7-11,15H2,1-2H3.